The molecule has 0 aromatic heterocycles. The normalized spacial score (nSPS) is 15.3. The molecule has 2 aromatic carbocycles. The predicted molar refractivity (Wildman–Crippen MR) is 115 cm³/mol. The highest BCUT2D eigenvalue weighted by molar-refractivity contribution is 6.05. The van der Waals surface area contributed by atoms with Crippen LogP contribution in [0.15, 0.2) is 48.5 Å². The number of hydrogen-bond donors (Lipinski definition) is 1. The number of nitrogens with zero attached hydrogens (tertiary/aromatic N) is 1. The van der Waals surface area contributed by atoms with Crippen molar-refractivity contribution in [3.63, 3.8) is 0 Å². The summed E-state index contributed by atoms with van der Waals surface area (Å²) in [7, 11) is 3.14. The van der Waals surface area contributed by atoms with Gasteiger partial charge in [-0.15, -0.1) is 0 Å². The molecule has 0 saturated carbocycles. The van der Waals surface area contributed by atoms with E-state index >= 15 is 0 Å². The van der Waals surface area contributed by atoms with Crippen LogP contribution in [-0.4, -0.2) is 45.2 Å². The molecule has 1 aliphatic heterocycles. The molecule has 0 unspecified atom stereocenters. The Bertz CT molecular complexity index is 919. The number of anilines is 1. The first-order chi connectivity index (χ1) is 14.5. The van der Waals surface area contributed by atoms with Gasteiger partial charge in [-0.25, -0.2) is 0 Å². The highest BCUT2D eigenvalue weighted by atomic mass is 16.5. The van der Waals surface area contributed by atoms with E-state index in [9.17, 15) is 9.59 Å². The molecular formula is C23H26N2O5. The zero-order chi connectivity index (χ0) is 21.5. The van der Waals surface area contributed by atoms with Gasteiger partial charge in [-0.3, -0.25) is 9.59 Å². The summed E-state index contributed by atoms with van der Waals surface area (Å²) >= 11 is 0. The summed E-state index contributed by atoms with van der Waals surface area (Å²) in [6.07, 6.45) is 3.22. The quantitative estimate of drug-likeness (QED) is 0.710. The van der Waals surface area contributed by atoms with E-state index in [1.165, 1.54) is 6.08 Å². The molecule has 0 aliphatic carbocycles. The molecule has 2 aromatic rings. The second kappa shape index (κ2) is 9.82. The lowest BCUT2D eigenvalue weighted by molar-refractivity contribution is -0.128. The number of hydrogen-bond acceptors (Lipinski definition) is 5. The van der Waals surface area contributed by atoms with Crippen LogP contribution in [0.4, 0.5) is 5.69 Å². The number of benzene rings is 2. The number of methoxy groups -OCH3 is 2. The molecule has 1 atom stereocenters. The summed E-state index contributed by atoms with van der Waals surface area (Å²) in [4.78, 5) is 27.0. The average molecular weight is 410 g/mol. The molecule has 1 aliphatic rings. The fraction of sp³-hybridized carbons (Fsp3) is 0.304. The van der Waals surface area contributed by atoms with Crippen LogP contribution in [0.5, 0.6) is 17.2 Å². The lowest BCUT2D eigenvalue weighted by Gasteiger charge is -2.33. The number of carbonyl (C=O) groups excluding carboxylic acids is 2. The van der Waals surface area contributed by atoms with Crippen LogP contribution in [0.1, 0.15) is 18.9 Å². The van der Waals surface area contributed by atoms with E-state index in [4.69, 9.17) is 14.2 Å². The lowest BCUT2D eigenvalue weighted by Crippen LogP contribution is -2.50. The summed E-state index contributed by atoms with van der Waals surface area (Å²) in [5.74, 6) is 1.29. The second-order valence-corrected chi connectivity index (χ2v) is 6.79. The van der Waals surface area contributed by atoms with Gasteiger partial charge >= 0.3 is 0 Å². The van der Waals surface area contributed by atoms with Gasteiger partial charge in [0.15, 0.2) is 6.10 Å². The maximum Gasteiger partial charge on any atom is 0.262 e. The van der Waals surface area contributed by atoms with E-state index in [1.54, 1.807) is 55.5 Å². The number of nitrogens with one attached hydrogen (secondary N) is 1. The fourth-order valence-corrected chi connectivity index (χ4v) is 3.12. The van der Waals surface area contributed by atoms with E-state index < -0.39 is 6.10 Å². The van der Waals surface area contributed by atoms with Crippen molar-refractivity contribution in [1.29, 1.82) is 0 Å². The average Bonchev–Trinajstić information content (AvgIpc) is 2.79. The van der Waals surface area contributed by atoms with E-state index in [0.717, 1.165) is 12.0 Å². The van der Waals surface area contributed by atoms with E-state index in [2.05, 4.69) is 5.32 Å². The Morgan fingerprint density at radius 1 is 1.17 bits per heavy atom. The molecule has 3 rings (SSSR count). The molecule has 0 saturated heterocycles. The summed E-state index contributed by atoms with van der Waals surface area (Å²) in [6.45, 7) is 2.68. The molecule has 1 heterocycles. The molecule has 7 nitrogen and oxygen atoms in total. The largest absolute Gasteiger partial charge is 0.497 e. The second-order valence-electron chi connectivity index (χ2n) is 6.79. The minimum absolute atomic E-state index is 0.136. The third-order valence-corrected chi connectivity index (χ3v) is 4.67. The fourth-order valence-electron chi connectivity index (χ4n) is 3.12. The Labute approximate surface area is 176 Å². The van der Waals surface area contributed by atoms with Crippen molar-refractivity contribution in [1.82, 2.24) is 5.32 Å². The van der Waals surface area contributed by atoms with E-state index in [1.807, 2.05) is 19.1 Å². The summed E-state index contributed by atoms with van der Waals surface area (Å²) < 4.78 is 16.4. The Morgan fingerprint density at radius 3 is 2.53 bits per heavy atom. The Morgan fingerprint density at radius 2 is 1.87 bits per heavy atom. The van der Waals surface area contributed by atoms with Crippen LogP contribution >= 0.6 is 0 Å². The Kier molecular flexibility index (Phi) is 6.95. The number of fused-ring (bicyclic) bond motifs is 1. The Balaban J connectivity index is 1.83. The predicted octanol–water partition coefficient (Wildman–Crippen LogP) is 3.04. The zero-order valence-corrected chi connectivity index (χ0v) is 17.4. The topological polar surface area (TPSA) is 77.1 Å². The number of rotatable bonds is 7. The standard InChI is InChI=1S/C23H26N2O5/c1-4-11-24-23(27)21-15-25(19-7-5-6-8-20(19)30-21)22(26)10-9-16-12-17(28-2)14-18(13-16)29-3/h5-10,12-14,21H,4,11,15H2,1-3H3,(H,24,27)/b10-9+/t21-/m1/s1. The summed E-state index contributed by atoms with van der Waals surface area (Å²) in [6, 6.07) is 12.6. The summed E-state index contributed by atoms with van der Waals surface area (Å²) in [5, 5.41) is 2.83. The first kappa shape index (κ1) is 21.2. The third kappa shape index (κ3) is 4.92. The van der Waals surface area contributed by atoms with Crippen LogP contribution < -0.4 is 24.4 Å². The first-order valence-electron chi connectivity index (χ1n) is 9.81. The van der Waals surface area contributed by atoms with Gasteiger partial charge < -0.3 is 24.4 Å². The van der Waals surface area contributed by atoms with Gasteiger partial charge in [-0.2, -0.15) is 0 Å². The Hall–Kier alpha value is -3.48. The molecule has 0 radical (unpaired) electrons. The van der Waals surface area contributed by atoms with Crippen LogP contribution in [0.3, 0.4) is 0 Å². The van der Waals surface area contributed by atoms with Crippen molar-refractivity contribution in [2.45, 2.75) is 19.4 Å². The van der Waals surface area contributed by atoms with Gasteiger partial charge in [0.25, 0.3) is 11.8 Å². The van der Waals surface area contributed by atoms with Gasteiger partial charge in [0, 0.05) is 18.7 Å². The number of ether oxygens (including phenoxy) is 3. The van der Waals surface area contributed by atoms with Crippen molar-refractivity contribution >= 4 is 23.6 Å². The lowest BCUT2D eigenvalue weighted by atomic mass is 10.1. The maximum atomic E-state index is 13.0. The van der Waals surface area contributed by atoms with Gasteiger partial charge in [0.05, 0.1) is 26.5 Å². The van der Waals surface area contributed by atoms with Crippen molar-refractivity contribution in [3.8, 4) is 17.2 Å². The van der Waals surface area contributed by atoms with Crippen LogP contribution in [0, 0.1) is 0 Å². The van der Waals surface area contributed by atoms with Crippen molar-refractivity contribution in [2.24, 2.45) is 0 Å². The van der Waals surface area contributed by atoms with Gasteiger partial charge in [0.2, 0.25) is 0 Å². The third-order valence-electron chi connectivity index (χ3n) is 4.67. The molecular weight excluding hydrogens is 384 g/mol. The molecule has 30 heavy (non-hydrogen) atoms. The number of para-hydroxylation sites is 2. The summed E-state index contributed by atoms with van der Waals surface area (Å²) in [5.41, 5.74) is 1.40. The van der Waals surface area contributed by atoms with Gasteiger partial charge in [-0.05, 0) is 42.3 Å². The highest BCUT2D eigenvalue weighted by Crippen LogP contribution is 2.33. The molecule has 0 spiro atoms. The zero-order valence-electron chi connectivity index (χ0n) is 17.4. The highest BCUT2D eigenvalue weighted by Gasteiger charge is 2.32. The maximum absolute atomic E-state index is 13.0. The molecule has 1 N–H and O–H groups in total. The molecule has 2 amide bonds. The van der Waals surface area contributed by atoms with Crippen LogP contribution in [-0.2, 0) is 9.59 Å². The SMILES string of the molecule is CCCNC(=O)[C@H]1CN(C(=O)/C=C/c2cc(OC)cc(OC)c2)c2ccccc2O1. The van der Waals surface area contributed by atoms with Crippen LogP contribution in [0.2, 0.25) is 0 Å². The molecule has 0 fully saturated rings. The van der Waals surface area contributed by atoms with Crippen LogP contribution in [0.25, 0.3) is 6.08 Å². The van der Waals surface area contributed by atoms with E-state index in [0.29, 0.717) is 29.5 Å². The minimum Gasteiger partial charge on any atom is -0.497 e. The minimum atomic E-state index is -0.763. The van der Waals surface area contributed by atoms with Gasteiger partial charge in [0.1, 0.15) is 17.2 Å². The van der Waals surface area contributed by atoms with E-state index in [-0.39, 0.29) is 18.4 Å². The first-order valence-corrected chi connectivity index (χ1v) is 9.81. The molecule has 158 valence electrons. The molecule has 0 bridgehead atoms. The molecule has 7 heteroatoms. The number of carbonyl (C=O) groups is 2. The van der Waals surface area contributed by atoms with Crippen molar-refractivity contribution in [2.75, 3.05) is 32.2 Å². The van der Waals surface area contributed by atoms with Crippen molar-refractivity contribution in [3.05, 3.63) is 54.1 Å². The number of amides is 2. The van der Waals surface area contributed by atoms with Crippen molar-refractivity contribution < 1.29 is 23.8 Å². The van der Waals surface area contributed by atoms with Gasteiger partial charge in [-0.1, -0.05) is 19.1 Å². The smallest absolute Gasteiger partial charge is 0.262 e. The monoisotopic (exact) mass is 410 g/mol.